The van der Waals surface area contributed by atoms with Crippen molar-refractivity contribution >= 4 is 23.3 Å². The summed E-state index contributed by atoms with van der Waals surface area (Å²) in [6.07, 6.45) is 4.59. The third-order valence-electron chi connectivity index (χ3n) is 13.0. The van der Waals surface area contributed by atoms with Crippen molar-refractivity contribution in [2.75, 3.05) is 0 Å². The molecule has 0 saturated carbocycles. The van der Waals surface area contributed by atoms with Crippen molar-refractivity contribution in [3.63, 3.8) is 0 Å². The highest BCUT2D eigenvalue weighted by Gasteiger charge is 2.45. The summed E-state index contributed by atoms with van der Waals surface area (Å²) >= 11 is 0. The standard InChI is InChI=1S/C65H46/c1-5-17-53(18-6-1)61(54-19-7-2-8-20-54)45-47-29-33-49(34-30-47)51-37-41-57(42-38-51)65(63-27-15-13-25-59(63)60-26-14-16-28-64(60)65)58-43-39-52(40-44-58)50-35-31-48(32-36-50)46-62(55-21-9-3-10-22-55)56-23-11-4-12-24-56/h1-46H. The first kappa shape index (κ1) is 39.5. The average molecular weight is 827 g/mol. The number of fused-ring (bicyclic) bond motifs is 3. The topological polar surface area (TPSA) is 0 Å². The van der Waals surface area contributed by atoms with E-state index in [0.29, 0.717) is 0 Å². The van der Waals surface area contributed by atoms with Crippen LogP contribution in [0.1, 0.15) is 55.6 Å². The Morgan fingerprint density at radius 3 is 0.815 bits per heavy atom. The van der Waals surface area contributed by atoms with Crippen molar-refractivity contribution < 1.29 is 0 Å². The zero-order chi connectivity index (χ0) is 43.4. The Bertz CT molecular complexity index is 2960. The molecule has 0 bridgehead atoms. The van der Waals surface area contributed by atoms with Crippen LogP contribution >= 0.6 is 0 Å². The second kappa shape index (κ2) is 17.4. The van der Waals surface area contributed by atoms with Gasteiger partial charge in [0.1, 0.15) is 0 Å². The van der Waals surface area contributed by atoms with Crippen molar-refractivity contribution in [3.8, 4) is 33.4 Å². The van der Waals surface area contributed by atoms with E-state index in [4.69, 9.17) is 0 Å². The molecule has 0 saturated heterocycles. The molecule has 0 nitrogen and oxygen atoms in total. The summed E-state index contributed by atoms with van der Waals surface area (Å²) in [6.45, 7) is 0. The molecule has 0 atom stereocenters. The average Bonchev–Trinajstić information content (AvgIpc) is 3.70. The molecule has 1 aliphatic rings. The summed E-state index contributed by atoms with van der Waals surface area (Å²) in [4.78, 5) is 0. The van der Waals surface area contributed by atoms with Crippen LogP contribution in [0.4, 0.5) is 0 Å². The van der Waals surface area contributed by atoms with Gasteiger partial charge in [-0.25, -0.2) is 0 Å². The maximum atomic E-state index is 2.35. The van der Waals surface area contributed by atoms with Gasteiger partial charge in [-0.05, 0) is 112 Å². The molecule has 10 aromatic carbocycles. The summed E-state index contributed by atoms with van der Waals surface area (Å²) in [5.41, 5.74) is 21.6. The van der Waals surface area contributed by atoms with Gasteiger partial charge in [0.05, 0.1) is 5.41 Å². The van der Waals surface area contributed by atoms with Crippen molar-refractivity contribution in [2.24, 2.45) is 0 Å². The third-order valence-corrected chi connectivity index (χ3v) is 13.0. The predicted molar refractivity (Wildman–Crippen MR) is 274 cm³/mol. The van der Waals surface area contributed by atoms with Crippen molar-refractivity contribution in [1.29, 1.82) is 0 Å². The quantitative estimate of drug-likeness (QED) is 0.121. The van der Waals surface area contributed by atoms with Gasteiger partial charge in [-0.1, -0.05) is 267 Å². The van der Waals surface area contributed by atoms with E-state index in [9.17, 15) is 0 Å². The Hall–Kier alpha value is -8.32. The zero-order valence-corrected chi connectivity index (χ0v) is 36.1. The largest absolute Gasteiger partial charge is 0.0713 e. The van der Waals surface area contributed by atoms with Gasteiger partial charge in [-0.2, -0.15) is 0 Å². The van der Waals surface area contributed by atoms with E-state index in [1.807, 2.05) is 0 Å². The highest BCUT2D eigenvalue weighted by molar-refractivity contribution is 5.93. The van der Waals surface area contributed by atoms with Gasteiger partial charge >= 0.3 is 0 Å². The molecule has 0 N–H and O–H groups in total. The van der Waals surface area contributed by atoms with Crippen LogP contribution in [-0.4, -0.2) is 0 Å². The molecule has 0 heterocycles. The number of rotatable bonds is 10. The minimum atomic E-state index is -0.482. The lowest BCUT2D eigenvalue weighted by Gasteiger charge is -2.34. The molecule has 0 aliphatic heterocycles. The minimum absolute atomic E-state index is 0.482. The summed E-state index contributed by atoms with van der Waals surface area (Å²) in [5, 5.41) is 0. The first-order valence-electron chi connectivity index (χ1n) is 22.5. The highest BCUT2D eigenvalue weighted by atomic mass is 14.5. The summed E-state index contributed by atoms with van der Waals surface area (Å²) < 4.78 is 0. The molecule has 0 spiro atoms. The minimum Gasteiger partial charge on any atom is -0.0622 e. The van der Waals surface area contributed by atoms with Gasteiger partial charge in [0.2, 0.25) is 0 Å². The predicted octanol–water partition coefficient (Wildman–Crippen LogP) is 16.6. The van der Waals surface area contributed by atoms with E-state index >= 15 is 0 Å². The Kier molecular flexibility index (Phi) is 10.6. The van der Waals surface area contributed by atoms with Gasteiger partial charge in [-0.3, -0.25) is 0 Å². The lowest BCUT2D eigenvalue weighted by Crippen LogP contribution is -2.28. The molecule has 0 amide bonds. The summed E-state index contributed by atoms with van der Waals surface area (Å²) in [6, 6.07) is 97.1. The van der Waals surface area contributed by atoms with E-state index in [1.54, 1.807) is 0 Å². The Balaban J connectivity index is 0.931. The van der Waals surface area contributed by atoms with Crippen molar-refractivity contribution in [2.45, 2.75) is 5.41 Å². The lowest BCUT2D eigenvalue weighted by molar-refractivity contribution is 0.769. The molecular weight excluding hydrogens is 781 g/mol. The van der Waals surface area contributed by atoms with Crippen LogP contribution in [0.2, 0.25) is 0 Å². The molecule has 0 aromatic heterocycles. The lowest BCUT2D eigenvalue weighted by atomic mass is 9.67. The zero-order valence-electron chi connectivity index (χ0n) is 36.1. The third kappa shape index (κ3) is 7.56. The van der Waals surface area contributed by atoms with E-state index < -0.39 is 5.41 Å². The summed E-state index contributed by atoms with van der Waals surface area (Å²) in [5.74, 6) is 0. The van der Waals surface area contributed by atoms with E-state index in [0.717, 1.165) is 0 Å². The van der Waals surface area contributed by atoms with Crippen molar-refractivity contribution in [1.82, 2.24) is 0 Å². The molecular formula is C65H46. The monoisotopic (exact) mass is 826 g/mol. The molecule has 0 radical (unpaired) electrons. The Labute approximate surface area is 382 Å². The first-order valence-corrected chi connectivity index (χ1v) is 22.5. The molecule has 1 aliphatic carbocycles. The number of benzene rings is 10. The van der Waals surface area contributed by atoms with Crippen LogP contribution in [0.15, 0.2) is 267 Å². The molecule has 0 heteroatoms. The smallest absolute Gasteiger partial charge is 0.0622 e. The molecule has 65 heavy (non-hydrogen) atoms. The van der Waals surface area contributed by atoms with Gasteiger partial charge in [0, 0.05) is 0 Å². The number of hydrogen-bond acceptors (Lipinski definition) is 0. The maximum Gasteiger partial charge on any atom is 0.0713 e. The maximum absolute atomic E-state index is 2.35. The van der Waals surface area contributed by atoms with E-state index in [-0.39, 0.29) is 0 Å². The summed E-state index contributed by atoms with van der Waals surface area (Å²) in [7, 11) is 0. The second-order valence-electron chi connectivity index (χ2n) is 16.8. The highest BCUT2D eigenvalue weighted by Crippen LogP contribution is 2.56. The second-order valence-corrected chi connectivity index (χ2v) is 16.8. The fraction of sp³-hybridized carbons (Fsp3) is 0.0154. The van der Waals surface area contributed by atoms with E-state index in [2.05, 4.69) is 279 Å². The van der Waals surface area contributed by atoms with Gasteiger partial charge in [-0.15, -0.1) is 0 Å². The van der Waals surface area contributed by atoms with E-state index in [1.165, 1.54) is 100 Å². The Morgan fingerprint density at radius 1 is 0.246 bits per heavy atom. The molecule has 306 valence electrons. The Morgan fingerprint density at radius 2 is 0.508 bits per heavy atom. The molecule has 0 unspecified atom stereocenters. The van der Waals surface area contributed by atoms with Crippen LogP contribution in [0, 0.1) is 0 Å². The van der Waals surface area contributed by atoms with Crippen LogP contribution in [0.5, 0.6) is 0 Å². The van der Waals surface area contributed by atoms with Crippen molar-refractivity contribution in [3.05, 3.63) is 323 Å². The fourth-order valence-corrected chi connectivity index (χ4v) is 9.86. The van der Waals surface area contributed by atoms with Crippen LogP contribution in [0.3, 0.4) is 0 Å². The van der Waals surface area contributed by atoms with Crippen LogP contribution in [0.25, 0.3) is 56.7 Å². The molecule has 0 fully saturated rings. The normalized spacial score (nSPS) is 12.1. The number of hydrogen-bond donors (Lipinski definition) is 0. The fourth-order valence-electron chi connectivity index (χ4n) is 9.86. The van der Waals surface area contributed by atoms with Gasteiger partial charge in [0.25, 0.3) is 0 Å². The molecule has 10 aromatic rings. The van der Waals surface area contributed by atoms with Crippen LogP contribution < -0.4 is 0 Å². The first-order chi connectivity index (χ1) is 32.2. The SMILES string of the molecule is C(=C(c1ccccc1)c1ccccc1)c1ccc(-c2ccc(C3(c4ccc(-c5ccc(C=C(c6ccccc6)c6ccccc6)cc5)cc4)c4ccccc4-c4ccccc43)cc2)cc1. The van der Waals surface area contributed by atoms with Crippen LogP contribution in [-0.2, 0) is 5.41 Å². The van der Waals surface area contributed by atoms with Gasteiger partial charge < -0.3 is 0 Å². The van der Waals surface area contributed by atoms with Gasteiger partial charge in [0.15, 0.2) is 0 Å². The molecule has 11 rings (SSSR count).